The Morgan fingerprint density at radius 1 is 1.00 bits per heavy atom. The van der Waals surface area contributed by atoms with Gasteiger partial charge in [-0.25, -0.2) is 0 Å². The Bertz CT molecular complexity index is 687. The van der Waals surface area contributed by atoms with Crippen LogP contribution in [0.25, 0.3) is 10.1 Å². The highest BCUT2D eigenvalue weighted by molar-refractivity contribution is 7.17. The molecule has 102 valence electrons. The molecule has 0 bridgehead atoms. The topological polar surface area (TPSA) is 26.0 Å². The van der Waals surface area contributed by atoms with Gasteiger partial charge in [-0.2, -0.15) is 0 Å². The molecule has 0 radical (unpaired) electrons. The summed E-state index contributed by atoms with van der Waals surface area (Å²) in [5.41, 5.74) is 9.21. The van der Waals surface area contributed by atoms with Crippen molar-refractivity contribution >= 4 is 21.4 Å². The summed E-state index contributed by atoms with van der Waals surface area (Å²) < 4.78 is 1.32. The molecule has 2 N–H and O–H groups in total. The van der Waals surface area contributed by atoms with E-state index in [1.807, 2.05) is 0 Å². The van der Waals surface area contributed by atoms with E-state index in [0.717, 1.165) is 6.42 Å². The molecule has 20 heavy (non-hydrogen) atoms. The highest BCUT2D eigenvalue weighted by atomic mass is 32.1. The summed E-state index contributed by atoms with van der Waals surface area (Å²) in [6, 6.07) is 19.2. The molecule has 1 nitrogen and oxygen atoms in total. The predicted molar refractivity (Wildman–Crippen MR) is 88.2 cm³/mol. The summed E-state index contributed by atoms with van der Waals surface area (Å²) in [5, 5.41) is 3.53. The van der Waals surface area contributed by atoms with Crippen LogP contribution in [0.4, 0.5) is 0 Å². The Morgan fingerprint density at radius 2 is 1.70 bits per heavy atom. The summed E-state index contributed by atoms with van der Waals surface area (Å²) in [6.45, 7) is 2.21. The second kappa shape index (κ2) is 5.78. The first-order valence-electron chi connectivity index (χ1n) is 7.08. The minimum absolute atomic E-state index is 0.0542. The molecule has 2 aromatic carbocycles. The van der Waals surface area contributed by atoms with Crippen molar-refractivity contribution < 1.29 is 0 Å². The number of thiophene rings is 1. The van der Waals surface area contributed by atoms with E-state index in [1.54, 1.807) is 11.3 Å². The number of hydrogen-bond donors (Lipinski definition) is 1. The highest BCUT2D eigenvalue weighted by Gasteiger charge is 2.22. The van der Waals surface area contributed by atoms with E-state index in [4.69, 9.17) is 5.73 Å². The second-order valence-corrected chi connectivity index (χ2v) is 6.05. The van der Waals surface area contributed by atoms with Gasteiger partial charge in [-0.3, -0.25) is 0 Å². The van der Waals surface area contributed by atoms with Crippen molar-refractivity contribution in [2.24, 2.45) is 5.73 Å². The third-order valence-corrected chi connectivity index (χ3v) is 4.95. The summed E-state index contributed by atoms with van der Waals surface area (Å²) in [7, 11) is 0. The quantitative estimate of drug-likeness (QED) is 0.708. The maximum Gasteiger partial charge on any atom is 0.0378 e. The van der Waals surface area contributed by atoms with Gasteiger partial charge in [0.2, 0.25) is 0 Å². The molecule has 0 aliphatic rings. The van der Waals surface area contributed by atoms with E-state index >= 15 is 0 Å². The minimum Gasteiger partial charge on any atom is -0.323 e. The summed E-state index contributed by atoms with van der Waals surface area (Å²) >= 11 is 1.79. The van der Waals surface area contributed by atoms with E-state index in [2.05, 4.69) is 66.9 Å². The van der Waals surface area contributed by atoms with E-state index in [9.17, 15) is 0 Å². The van der Waals surface area contributed by atoms with E-state index in [-0.39, 0.29) is 6.04 Å². The molecule has 1 heterocycles. The van der Waals surface area contributed by atoms with E-state index in [0.29, 0.717) is 5.92 Å². The Morgan fingerprint density at radius 3 is 2.45 bits per heavy atom. The standard InChI is InChI=1S/C18H19NS/c1-2-14(13-8-4-3-5-9-13)18(19)16-12-20-17-11-7-6-10-15(16)17/h3-12,14,18H,2,19H2,1H3. The molecule has 2 atom stereocenters. The maximum atomic E-state index is 6.60. The fourth-order valence-electron chi connectivity index (χ4n) is 2.87. The SMILES string of the molecule is CCC(c1ccccc1)C(N)c1csc2ccccc12. The number of hydrogen-bond acceptors (Lipinski definition) is 2. The molecular formula is C18H19NS. The zero-order chi connectivity index (χ0) is 13.9. The lowest BCUT2D eigenvalue weighted by atomic mass is 9.86. The number of fused-ring (bicyclic) bond motifs is 1. The summed E-state index contributed by atoms with van der Waals surface area (Å²) in [5.74, 6) is 0.370. The van der Waals surface area contributed by atoms with Gasteiger partial charge in [0, 0.05) is 16.7 Å². The van der Waals surface area contributed by atoms with Gasteiger partial charge in [-0.15, -0.1) is 11.3 Å². The predicted octanol–water partition coefficient (Wildman–Crippen LogP) is 5.09. The molecule has 3 rings (SSSR count). The molecule has 0 aliphatic heterocycles. The molecule has 0 amide bonds. The minimum atomic E-state index is 0.0542. The van der Waals surface area contributed by atoms with Gasteiger partial charge < -0.3 is 5.73 Å². The summed E-state index contributed by atoms with van der Waals surface area (Å²) in [4.78, 5) is 0. The third-order valence-electron chi connectivity index (χ3n) is 3.97. The maximum absolute atomic E-state index is 6.60. The number of benzene rings is 2. The van der Waals surface area contributed by atoms with Crippen molar-refractivity contribution in [3.05, 3.63) is 71.1 Å². The lowest BCUT2D eigenvalue weighted by molar-refractivity contribution is 0.543. The van der Waals surface area contributed by atoms with Crippen LogP contribution >= 0.6 is 11.3 Å². The van der Waals surface area contributed by atoms with Crippen LogP contribution in [-0.2, 0) is 0 Å². The normalized spacial score (nSPS) is 14.3. The van der Waals surface area contributed by atoms with Crippen molar-refractivity contribution in [2.45, 2.75) is 25.3 Å². The molecule has 0 fully saturated rings. The first-order chi connectivity index (χ1) is 9.81. The zero-order valence-corrected chi connectivity index (χ0v) is 12.4. The van der Waals surface area contributed by atoms with Crippen LogP contribution in [0.3, 0.4) is 0 Å². The van der Waals surface area contributed by atoms with Crippen molar-refractivity contribution in [3.8, 4) is 0 Å². The monoisotopic (exact) mass is 281 g/mol. The molecule has 0 spiro atoms. The largest absolute Gasteiger partial charge is 0.323 e. The van der Waals surface area contributed by atoms with Crippen LogP contribution in [0.1, 0.15) is 36.4 Å². The van der Waals surface area contributed by atoms with Gasteiger partial charge in [-0.05, 0) is 34.4 Å². The van der Waals surface area contributed by atoms with Crippen molar-refractivity contribution in [1.82, 2.24) is 0 Å². The van der Waals surface area contributed by atoms with Gasteiger partial charge in [0.05, 0.1) is 0 Å². The van der Waals surface area contributed by atoms with Crippen LogP contribution in [0, 0.1) is 0 Å². The molecule has 2 unspecified atom stereocenters. The lowest BCUT2D eigenvalue weighted by Gasteiger charge is -2.23. The van der Waals surface area contributed by atoms with Gasteiger partial charge in [0.15, 0.2) is 0 Å². The molecule has 3 aromatic rings. The van der Waals surface area contributed by atoms with Crippen LogP contribution < -0.4 is 5.73 Å². The van der Waals surface area contributed by atoms with Gasteiger partial charge in [0.1, 0.15) is 0 Å². The van der Waals surface area contributed by atoms with Gasteiger partial charge in [-0.1, -0.05) is 55.5 Å². The molecule has 0 saturated heterocycles. The smallest absolute Gasteiger partial charge is 0.0378 e. The van der Waals surface area contributed by atoms with Crippen molar-refractivity contribution in [2.75, 3.05) is 0 Å². The van der Waals surface area contributed by atoms with E-state index in [1.165, 1.54) is 21.2 Å². The third kappa shape index (κ3) is 2.37. The Kier molecular flexibility index (Phi) is 3.86. The first-order valence-corrected chi connectivity index (χ1v) is 7.96. The highest BCUT2D eigenvalue weighted by Crippen LogP contribution is 2.37. The molecule has 0 saturated carbocycles. The Labute approximate surface area is 124 Å². The average molecular weight is 281 g/mol. The number of rotatable bonds is 4. The van der Waals surface area contributed by atoms with Crippen molar-refractivity contribution in [1.29, 1.82) is 0 Å². The fraction of sp³-hybridized carbons (Fsp3) is 0.222. The van der Waals surface area contributed by atoms with Gasteiger partial charge >= 0.3 is 0 Å². The van der Waals surface area contributed by atoms with Crippen LogP contribution in [0.15, 0.2) is 60.0 Å². The van der Waals surface area contributed by atoms with Gasteiger partial charge in [0.25, 0.3) is 0 Å². The van der Waals surface area contributed by atoms with Crippen LogP contribution in [0.2, 0.25) is 0 Å². The fourth-order valence-corrected chi connectivity index (χ4v) is 3.88. The molecular weight excluding hydrogens is 262 g/mol. The molecule has 1 aromatic heterocycles. The van der Waals surface area contributed by atoms with Crippen molar-refractivity contribution in [3.63, 3.8) is 0 Å². The molecule has 2 heteroatoms. The lowest BCUT2D eigenvalue weighted by Crippen LogP contribution is -2.19. The molecule has 0 aliphatic carbocycles. The van der Waals surface area contributed by atoms with E-state index < -0.39 is 0 Å². The Balaban J connectivity index is 2.00. The second-order valence-electron chi connectivity index (χ2n) is 5.14. The first kappa shape index (κ1) is 13.3. The Hall–Kier alpha value is -1.64. The summed E-state index contributed by atoms with van der Waals surface area (Å²) in [6.07, 6.45) is 1.05. The van der Waals surface area contributed by atoms with Crippen LogP contribution in [0.5, 0.6) is 0 Å². The number of nitrogens with two attached hydrogens (primary N) is 1. The van der Waals surface area contributed by atoms with Crippen LogP contribution in [-0.4, -0.2) is 0 Å². The average Bonchev–Trinajstić information content (AvgIpc) is 2.93. The zero-order valence-electron chi connectivity index (χ0n) is 11.6.